The Labute approximate surface area is 217 Å². The third-order valence-electron chi connectivity index (χ3n) is 7.83. The van der Waals surface area contributed by atoms with Gasteiger partial charge in [0.15, 0.2) is 0 Å². The summed E-state index contributed by atoms with van der Waals surface area (Å²) < 4.78 is 20.6. The van der Waals surface area contributed by atoms with E-state index in [2.05, 4.69) is 20.9 Å². The van der Waals surface area contributed by atoms with Crippen LogP contribution in [0.1, 0.15) is 87.2 Å². The zero-order chi connectivity index (χ0) is 26.1. The molecule has 2 saturated carbocycles. The SMILES string of the molecule is CCC(=O)NC1CCC(NC(=O)C2=C(C)NC(c3cc(C)c(F)cc3OCC3CC3)c3cc[nH]c32)CC1. The van der Waals surface area contributed by atoms with Crippen LogP contribution in [-0.4, -0.2) is 35.5 Å². The average Bonchev–Trinajstić information content (AvgIpc) is 3.59. The van der Waals surface area contributed by atoms with Crippen LogP contribution in [0.4, 0.5) is 4.39 Å². The second-order valence-electron chi connectivity index (χ2n) is 10.7. The molecule has 8 heteroatoms. The van der Waals surface area contributed by atoms with Crippen molar-refractivity contribution in [3.63, 3.8) is 0 Å². The highest BCUT2D eigenvalue weighted by Crippen LogP contribution is 2.40. The van der Waals surface area contributed by atoms with E-state index < -0.39 is 0 Å². The lowest BCUT2D eigenvalue weighted by atomic mass is 9.88. The lowest BCUT2D eigenvalue weighted by molar-refractivity contribution is -0.122. The van der Waals surface area contributed by atoms with Crippen LogP contribution in [0.5, 0.6) is 5.75 Å². The standard InChI is InChI=1S/C29H37FN4O3/c1-4-25(35)33-19-7-9-20(10-8-19)34-29(36)26-17(3)32-27(21-11-12-31-28(21)26)22-13-16(2)23(30)14-24(22)37-15-18-5-6-18/h11-14,18-20,27,31-32H,4-10,15H2,1-3H3,(H,33,35)(H,34,36). The second kappa shape index (κ2) is 10.6. The number of benzene rings is 1. The number of hydrogen-bond acceptors (Lipinski definition) is 4. The van der Waals surface area contributed by atoms with Crippen molar-refractivity contribution in [1.29, 1.82) is 0 Å². The van der Waals surface area contributed by atoms with E-state index in [1.165, 1.54) is 6.07 Å². The summed E-state index contributed by atoms with van der Waals surface area (Å²) in [5, 5.41) is 9.80. The first-order valence-corrected chi connectivity index (χ1v) is 13.5. The topological polar surface area (TPSA) is 95.2 Å². The second-order valence-corrected chi connectivity index (χ2v) is 10.7. The Morgan fingerprint density at radius 3 is 2.41 bits per heavy atom. The molecule has 1 unspecified atom stereocenters. The van der Waals surface area contributed by atoms with Crippen LogP contribution < -0.4 is 20.7 Å². The number of aromatic amines is 1. The average molecular weight is 509 g/mol. The molecule has 1 atom stereocenters. The van der Waals surface area contributed by atoms with Crippen molar-refractivity contribution < 1.29 is 18.7 Å². The Bertz CT molecular complexity index is 1210. The molecule has 7 nitrogen and oxygen atoms in total. The van der Waals surface area contributed by atoms with Gasteiger partial charge >= 0.3 is 0 Å². The van der Waals surface area contributed by atoms with Crippen molar-refractivity contribution in [2.24, 2.45) is 5.92 Å². The summed E-state index contributed by atoms with van der Waals surface area (Å²) in [6.07, 6.45) is 8.02. The summed E-state index contributed by atoms with van der Waals surface area (Å²) >= 11 is 0. The lowest BCUT2D eigenvalue weighted by Gasteiger charge is -2.32. The Balaban J connectivity index is 1.33. The molecular formula is C29H37FN4O3. The number of carbonyl (C=O) groups excluding carboxylic acids is 2. The number of amides is 2. The molecule has 0 radical (unpaired) electrons. The van der Waals surface area contributed by atoms with Crippen LogP contribution in [0.3, 0.4) is 0 Å². The minimum Gasteiger partial charge on any atom is -0.493 e. The highest BCUT2D eigenvalue weighted by molar-refractivity contribution is 6.20. The molecule has 2 amide bonds. The quantitative estimate of drug-likeness (QED) is 0.418. The number of H-pyrrole nitrogens is 1. The third-order valence-corrected chi connectivity index (χ3v) is 7.83. The molecule has 2 heterocycles. The van der Waals surface area contributed by atoms with E-state index in [-0.39, 0.29) is 35.8 Å². The fourth-order valence-electron chi connectivity index (χ4n) is 5.42. The number of allylic oxidation sites excluding steroid dienone is 1. The summed E-state index contributed by atoms with van der Waals surface area (Å²) in [7, 11) is 0. The number of nitrogens with one attached hydrogen (secondary N) is 4. The Kier molecular flexibility index (Phi) is 7.26. The summed E-state index contributed by atoms with van der Waals surface area (Å²) in [5.41, 5.74) is 4.49. The number of fused-ring (bicyclic) bond motifs is 1. The molecule has 2 fully saturated rings. The van der Waals surface area contributed by atoms with E-state index in [1.54, 1.807) is 6.92 Å². The molecule has 0 bridgehead atoms. The van der Waals surface area contributed by atoms with Crippen molar-refractivity contribution in [1.82, 2.24) is 20.9 Å². The van der Waals surface area contributed by atoms with Crippen molar-refractivity contribution in [2.75, 3.05) is 6.61 Å². The minimum atomic E-state index is -0.282. The van der Waals surface area contributed by atoms with Crippen molar-refractivity contribution >= 4 is 17.4 Å². The van der Waals surface area contributed by atoms with E-state index in [0.29, 0.717) is 35.8 Å². The van der Waals surface area contributed by atoms with Crippen LogP contribution in [0, 0.1) is 18.7 Å². The zero-order valence-corrected chi connectivity index (χ0v) is 21.9. The normalized spacial score (nSPS) is 23.2. The highest BCUT2D eigenvalue weighted by Gasteiger charge is 2.34. The maximum absolute atomic E-state index is 14.5. The molecule has 1 aromatic heterocycles. The molecule has 3 aliphatic rings. The molecule has 2 aliphatic carbocycles. The van der Waals surface area contributed by atoms with Crippen molar-refractivity contribution in [3.05, 3.63) is 58.3 Å². The van der Waals surface area contributed by atoms with Gasteiger partial charge in [-0.1, -0.05) is 6.92 Å². The molecule has 1 aliphatic heterocycles. The van der Waals surface area contributed by atoms with Gasteiger partial charge < -0.3 is 25.7 Å². The van der Waals surface area contributed by atoms with Gasteiger partial charge in [0.05, 0.1) is 23.9 Å². The Morgan fingerprint density at radius 1 is 1.03 bits per heavy atom. The lowest BCUT2D eigenvalue weighted by Crippen LogP contribution is -2.44. The van der Waals surface area contributed by atoms with Gasteiger partial charge in [-0.05, 0) is 76.0 Å². The number of ether oxygens (including phenoxy) is 1. The smallest absolute Gasteiger partial charge is 0.255 e. The van der Waals surface area contributed by atoms with Gasteiger partial charge in [-0.2, -0.15) is 0 Å². The predicted molar refractivity (Wildman–Crippen MR) is 140 cm³/mol. The van der Waals surface area contributed by atoms with E-state index in [4.69, 9.17) is 4.74 Å². The monoisotopic (exact) mass is 508 g/mol. The van der Waals surface area contributed by atoms with E-state index >= 15 is 0 Å². The van der Waals surface area contributed by atoms with Gasteiger partial charge in [0, 0.05) is 47.6 Å². The Hall–Kier alpha value is -3.29. The molecule has 1 aromatic carbocycles. The maximum atomic E-state index is 14.5. The number of aryl methyl sites for hydroxylation is 1. The van der Waals surface area contributed by atoms with Gasteiger partial charge in [0.1, 0.15) is 11.6 Å². The van der Waals surface area contributed by atoms with Crippen LogP contribution in [0.2, 0.25) is 0 Å². The molecule has 0 saturated heterocycles. The summed E-state index contributed by atoms with van der Waals surface area (Å²) in [4.78, 5) is 28.4. The van der Waals surface area contributed by atoms with Gasteiger partial charge in [-0.15, -0.1) is 0 Å². The predicted octanol–water partition coefficient (Wildman–Crippen LogP) is 4.63. The molecular weight excluding hydrogens is 471 g/mol. The molecule has 5 rings (SSSR count). The summed E-state index contributed by atoms with van der Waals surface area (Å²) in [5.74, 6) is 0.777. The first kappa shape index (κ1) is 25.4. The Morgan fingerprint density at radius 2 is 1.73 bits per heavy atom. The van der Waals surface area contributed by atoms with Crippen molar-refractivity contribution in [2.45, 2.75) is 83.8 Å². The number of halogens is 1. The first-order valence-electron chi connectivity index (χ1n) is 13.5. The molecule has 37 heavy (non-hydrogen) atoms. The van der Waals surface area contributed by atoms with Crippen LogP contribution in [-0.2, 0) is 9.59 Å². The molecule has 4 N–H and O–H groups in total. The van der Waals surface area contributed by atoms with Crippen LogP contribution >= 0.6 is 0 Å². The maximum Gasteiger partial charge on any atom is 0.255 e. The van der Waals surface area contributed by atoms with E-state index in [0.717, 1.165) is 61.0 Å². The highest BCUT2D eigenvalue weighted by atomic mass is 19.1. The fraction of sp³-hybridized carbons (Fsp3) is 0.517. The van der Waals surface area contributed by atoms with Gasteiger partial charge in [-0.25, -0.2) is 4.39 Å². The molecule has 0 spiro atoms. The van der Waals surface area contributed by atoms with Gasteiger partial charge in [0.2, 0.25) is 5.91 Å². The fourth-order valence-corrected chi connectivity index (χ4v) is 5.42. The van der Waals surface area contributed by atoms with E-state index in [9.17, 15) is 14.0 Å². The van der Waals surface area contributed by atoms with Crippen LogP contribution in [0.25, 0.3) is 5.57 Å². The first-order chi connectivity index (χ1) is 17.8. The van der Waals surface area contributed by atoms with Crippen LogP contribution in [0.15, 0.2) is 30.1 Å². The molecule has 198 valence electrons. The number of hydrogen-bond donors (Lipinski definition) is 4. The number of aromatic nitrogens is 1. The largest absolute Gasteiger partial charge is 0.493 e. The summed E-state index contributed by atoms with van der Waals surface area (Å²) in [6, 6.07) is 5.30. The number of carbonyl (C=O) groups is 2. The third kappa shape index (κ3) is 5.53. The van der Waals surface area contributed by atoms with Crippen molar-refractivity contribution in [3.8, 4) is 5.75 Å². The molecule has 2 aromatic rings. The van der Waals surface area contributed by atoms with Gasteiger partial charge in [0.25, 0.3) is 5.91 Å². The zero-order valence-electron chi connectivity index (χ0n) is 21.9. The summed E-state index contributed by atoms with van der Waals surface area (Å²) in [6.45, 7) is 6.11. The number of rotatable bonds is 8. The van der Waals surface area contributed by atoms with E-state index in [1.807, 2.05) is 32.2 Å². The van der Waals surface area contributed by atoms with Gasteiger partial charge in [-0.3, -0.25) is 9.59 Å². The minimum absolute atomic E-state index is 0.0703.